The molecule has 0 aromatic heterocycles. The highest BCUT2D eigenvalue weighted by atomic mass is 32.2. The fourth-order valence-electron chi connectivity index (χ4n) is 5.08. The van der Waals surface area contributed by atoms with Crippen LogP contribution >= 0.6 is 55.9 Å². The first kappa shape index (κ1) is 150. The third-order valence-electron chi connectivity index (χ3n) is 14.0. The summed E-state index contributed by atoms with van der Waals surface area (Å²) in [6.45, 7) is 62.2. The molecule has 0 bridgehead atoms. The van der Waals surface area contributed by atoms with Crippen molar-refractivity contribution in [1.29, 1.82) is 0 Å². The van der Waals surface area contributed by atoms with Crippen LogP contribution in [-0.2, 0) is 39.6 Å². The molecule has 0 radical (unpaired) electrons. The van der Waals surface area contributed by atoms with Crippen molar-refractivity contribution in [3.63, 3.8) is 0 Å². The van der Waals surface area contributed by atoms with Crippen molar-refractivity contribution in [2.24, 2.45) is 0 Å². The summed E-state index contributed by atoms with van der Waals surface area (Å²) in [6, 6.07) is 4.23. The third-order valence-corrected chi connectivity index (χ3v) is 23.3. The first-order valence-corrected chi connectivity index (χ1v) is 39.2. The average Bonchev–Trinajstić information content (AvgIpc) is 3.43. The summed E-state index contributed by atoms with van der Waals surface area (Å²) in [7, 11) is 19.3. The Morgan fingerprint density at radius 3 is 0.853 bits per heavy atom. The molecule has 0 saturated carbocycles. The summed E-state index contributed by atoms with van der Waals surface area (Å²) < 4.78 is 66.7. The predicted octanol–water partition coefficient (Wildman–Crippen LogP) is 21.2. The van der Waals surface area contributed by atoms with E-state index in [1.54, 1.807) is 67.9 Å². The molecule has 0 aromatic carbocycles. The topological polar surface area (TPSA) is 166 Å². The lowest BCUT2D eigenvalue weighted by atomic mass is 10.3. The molecule has 0 rings (SSSR count). The Labute approximate surface area is 668 Å². The van der Waals surface area contributed by atoms with Gasteiger partial charge in [-0.3, -0.25) is 4.57 Å². The second-order valence-corrected chi connectivity index (χ2v) is 36.7. The molecule has 2 atom stereocenters. The van der Waals surface area contributed by atoms with Crippen LogP contribution < -0.4 is 0 Å². The minimum absolute atomic E-state index is 0. The third kappa shape index (κ3) is 77.9. The number of thioether (sulfide) groups is 1. The first-order valence-electron chi connectivity index (χ1n) is 32.4. The molecule has 0 fully saturated rings. The van der Waals surface area contributed by atoms with Crippen molar-refractivity contribution < 1.29 is 40.8 Å². The molecule has 0 saturated heterocycles. The number of rotatable bonds is 19. The SMILES string of the molecule is C.C.C.C.C.C.C.C.C.C.CC(C)N(C)C(=O)N(C)C(C)C.CC(C)N(C)C(=S)N(C)C.CC(C)N(C)C(C)C.CC(C)N(C)S(=O)(=O)C(C)C.CC(C)N(C)S(=O)C(C)C.CC(C)OP(C)(=O)N(C)C(C)C.CC(C)SC(=S)N(C)C(C)C.COC(=O)N(C)C(C)C.COC(=S)N(C)C(C)C. The number of hydrogen-bond acceptors (Lipinski definition) is 14. The van der Waals surface area contributed by atoms with Gasteiger partial charge in [0.1, 0.15) is 4.32 Å². The number of hydrogen-bond donors (Lipinski definition) is 0. The zero-order valence-electron chi connectivity index (χ0n) is 67.7. The Morgan fingerprint density at radius 2 is 0.725 bits per heavy atom. The molecule has 3 amide bonds. The first-order chi connectivity index (χ1) is 41.1. The molecule has 27 heteroatoms. The average molecular weight is 1610 g/mol. The van der Waals surface area contributed by atoms with Gasteiger partial charge in [0, 0.05) is 154 Å². The van der Waals surface area contributed by atoms with Crippen molar-refractivity contribution in [2.45, 2.75) is 370 Å². The van der Waals surface area contributed by atoms with Crippen molar-refractivity contribution in [3.05, 3.63) is 0 Å². The molecule has 640 valence electrons. The van der Waals surface area contributed by atoms with Crippen molar-refractivity contribution in [1.82, 2.24) is 52.5 Å². The van der Waals surface area contributed by atoms with Gasteiger partial charge in [0.15, 0.2) is 5.11 Å². The van der Waals surface area contributed by atoms with Crippen LogP contribution in [0.15, 0.2) is 0 Å². The molecule has 102 heavy (non-hydrogen) atoms. The highest BCUT2D eigenvalue weighted by molar-refractivity contribution is 8.23. The minimum Gasteiger partial charge on any atom is -0.474 e. The van der Waals surface area contributed by atoms with E-state index >= 15 is 0 Å². The Bertz CT molecular complexity index is 2010. The number of carbonyl (C=O) groups is 2. The number of thiocarbonyl (C=S) groups is 3. The van der Waals surface area contributed by atoms with E-state index in [1.165, 1.54) is 16.3 Å². The van der Waals surface area contributed by atoms with E-state index in [4.69, 9.17) is 45.9 Å². The van der Waals surface area contributed by atoms with Crippen molar-refractivity contribution >= 4 is 104 Å². The Kier molecular flexibility index (Phi) is 116. The number of methoxy groups -OCH3 is 2. The van der Waals surface area contributed by atoms with Crippen LogP contribution in [0.4, 0.5) is 9.59 Å². The molecule has 0 aliphatic heterocycles. The quantitative estimate of drug-likeness (QED) is 0.0884. The lowest BCUT2D eigenvalue weighted by Crippen LogP contribution is -2.45. The smallest absolute Gasteiger partial charge is 0.409 e. The van der Waals surface area contributed by atoms with Gasteiger partial charge < -0.3 is 53.2 Å². The Morgan fingerprint density at radius 1 is 0.422 bits per heavy atom. The van der Waals surface area contributed by atoms with E-state index in [0.29, 0.717) is 46.7 Å². The normalized spacial score (nSPS) is 11.0. The fourth-order valence-corrected chi connectivity index (χ4v) is 11.2. The van der Waals surface area contributed by atoms with E-state index < -0.39 is 28.5 Å². The van der Waals surface area contributed by atoms with Gasteiger partial charge in [0.05, 0.1) is 36.6 Å². The molecule has 0 aliphatic carbocycles. The summed E-state index contributed by atoms with van der Waals surface area (Å²) in [5, 5.41) is 1.92. The van der Waals surface area contributed by atoms with Crippen LogP contribution in [0.25, 0.3) is 0 Å². The lowest BCUT2D eigenvalue weighted by molar-refractivity contribution is 0.123. The van der Waals surface area contributed by atoms with Gasteiger partial charge in [-0.25, -0.2) is 35.5 Å². The largest absolute Gasteiger partial charge is 0.474 e. The molecule has 0 aliphatic rings. The number of carbonyl (C=O) groups excluding carboxylic acids is 2. The highest BCUT2D eigenvalue weighted by Gasteiger charge is 2.26. The van der Waals surface area contributed by atoms with E-state index in [9.17, 15) is 26.8 Å². The highest BCUT2D eigenvalue weighted by Crippen LogP contribution is 2.48. The predicted molar refractivity (Wildman–Crippen MR) is 488 cm³/mol. The van der Waals surface area contributed by atoms with Gasteiger partial charge in [-0.15, -0.1) is 0 Å². The number of ether oxygens (including phenoxy) is 2. The van der Waals surface area contributed by atoms with Crippen LogP contribution in [0.2, 0.25) is 0 Å². The second-order valence-electron chi connectivity index (χ2n) is 26.7. The van der Waals surface area contributed by atoms with Crippen LogP contribution in [0.1, 0.15) is 282 Å². The maximum atomic E-state index is 11.9. The molecular weight excluding hydrogens is 1420 g/mol. The van der Waals surface area contributed by atoms with Gasteiger partial charge in [-0.2, -0.15) is 0 Å². The second kappa shape index (κ2) is 78.9. The van der Waals surface area contributed by atoms with Crippen LogP contribution in [0, 0.1) is 0 Å². The summed E-state index contributed by atoms with van der Waals surface area (Å²) >= 11 is 17.0. The number of amides is 3. The van der Waals surface area contributed by atoms with Gasteiger partial charge in [-0.05, 0) is 232 Å². The number of urea groups is 1. The number of sulfonamides is 1. The van der Waals surface area contributed by atoms with Crippen molar-refractivity contribution in [2.75, 3.05) is 105 Å². The fraction of sp³-hybridized carbons (Fsp3) is 0.933. The number of nitrogens with zero attached hydrogens (tertiary/aromatic N) is 11. The summed E-state index contributed by atoms with van der Waals surface area (Å²) in [4.78, 5) is 37.6. The molecular formula is C75H190N11O9PS6. The standard InChI is InChI=1S/C9H20N2O.C8H20NO2P.C8H17NS2.C7H16N2S.C7H17NO2S.C7H17NOS.C7H17N.C6H13NO2.C6H13NOS.10CH4/c1-7(2)10(5)9(12)11(6)8(3)4;1-7(2)9(5)12(6,10)11-8(3)4;1-6(2)9(5)8(10)11-7(3)4;1-6(2)9(5)7(10)8(3)4;1-6(2)8(5)11(9,10)7(3)4;1-6(2)8(5)10(9)7(3)4;1-6(2)8(5)7(3)4;1-5(2)7(3)6(8)9-4;1-5(2)7(3)6(9)8-4;;;;;;;;;;/h2*7-8H,1-6H3;6-7H,1-5H3;6H,1-5H3;6-7H,1-5H3;6-7H,1-5H3;6-7H,1-5H3;2*5H,1-4H3;10*1H4. The molecule has 0 aromatic rings. The zero-order chi connectivity index (χ0) is 76.3. The zero-order valence-corrected chi connectivity index (χ0v) is 73.4. The van der Waals surface area contributed by atoms with E-state index in [0.717, 1.165) is 9.43 Å². The molecule has 0 spiro atoms. The monoisotopic (exact) mass is 1610 g/mol. The Balaban J connectivity index is -0.0000000443. The van der Waals surface area contributed by atoms with E-state index in [1.807, 2.05) is 188 Å². The van der Waals surface area contributed by atoms with E-state index in [2.05, 4.69) is 110 Å². The van der Waals surface area contributed by atoms with Crippen LogP contribution in [0.3, 0.4) is 0 Å². The summed E-state index contributed by atoms with van der Waals surface area (Å²) in [5.41, 5.74) is 0. The van der Waals surface area contributed by atoms with E-state index in [-0.39, 0.29) is 133 Å². The Hall–Kier alpha value is -1.71. The summed E-state index contributed by atoms with van der Waals surface area (Å²) in [5.74, 6) is 0. The molecule has 0 heterocycles. The van der Waals surface area contributed by atoms with Crippen LogP contribution in [-0.4, -0.2) is 286 Å². The lowest BCUT2D eigenvalue weighted by Gasteiger charge is -2.30. The van der Waals surface area contributed by atoms with Gasteiger partial charge >= 0.3 is 12.1 Å². The maximum absolute atomic E-state index is 11.9. The minimum atomic E-state index is -3.04. The molecule has 0 N–H and O–H groups in total. The van der Waals surface area contributed by atoms with Gasteiger partial charge in [0.25, 0.3) is 12.7 Å². The van der Waals surface area contributed by atoms with Gasteiger partial charge in [0.2, 0.25) is 10.0 Å². The van der Waals surface area contributed by atoms with Crippen molar-refractivity contribution in [3.8, 4) is 0 Å². The maximum Gasteiger partial charge on any atom is 0.409 e. The molecule has 2 unspecified atom stereocenters. The molecule has 20 nitrogen and oxygen atoms in total. The summed E-state index contributed by atoms with van der Waals surface area (Å²) in [6.07, 6.45) is -0.271. The van der Waals surface area contributed by atoms with Gasteiger partial charge in [-0.1, -0.05) is 112 Å². The van der Waals surface area contributed by atoms with Crippen LogP contribution in [0.5, 0.6) is 0 Å².